The van der Waals surface area contributed by atoms with Crippen LogP contribution in [0.1, 0.15) is 23.1 Å². The number of hydrogen-bond donors (Lipinski definition) is 1. The Labute approximate surface area is 182 Å². The average Bonchev–Trinajstić information content (AvgIpc) is 3.35. The van der Waals surface area contributed by atoms with Gasteiger partial charge in [-0.1, -0.05) is 12.1 Å². The summed E-state index contributed by atoms with van der Waals surface area (Å²) in [6.45, 7) is 4.70. The van der Waals surface area contributed by atoms with Gasteiger partial charge in [-0.05, 0) is 31.5 Å². The number of likely N-dealkylation sites (N-methyl/N-ethyl adjacent to an activating group) is 1. The van der Waals surface area contributed by atoms with E-state index in [-0.39, 0.29) is 11.7 Å². The molecule has 3 aromatic rings. The van der Waals surface area contributed by atoms with Gasteiger partial charge in [0.1, 0.15) is 11.7 Å². The Bertz CT molecular complexity index is 1170. The normalized spacial score (nSPS) is 20.9. The molecule has 2 unspecified atom stereocenters. The maximum atomic E-state index is 13.4. The third-order valence-electron chi connectivity index (χ3n) is 5.58. The molecule has 1 fully saturated rings. The molecular formula is C21H21FN6O2S. The highest BCUT2D eigenvalue weighted by molar-refractivity contribution is 7.16. The number of aromatic nitrogens is 2. The molecular weight excluding hydrogens is 419 g/mol. The van der Waals surface area contributed by atoms with Gasteiger partial charge in [0.05, 0.1) is 5.69 Å². The van der Waals surface area contributed by atoms with E-state index >= 15 is 0 Å². The second-order valence-electron chi connectivity index (χ2n) is 7.68. The van der Waals surface area contributed by atoms with Crippen molar-refractivity contribution in [2.24, 2.45) is 4.99 Å². The molecule has 31 heavy (non-hydrogen) atoms. The minimum atomic E-state index is -0.635. The highest BCUT2D eigenvalue weighted by Gasteiger charge is 2.49. The van der Waals surface area contributed by atoms with Crippen molar-refractivity contribution < 1.29 is 14.0 Å². The number of imide groups is 1. The summed E-state index contributed by atoms with van der Waals surface area (Å²) < 4.78 is 15.4. The van der Waals surface area contributed by atoms with E-state index in [9.17, 15) is 14.0 Å². The van der Waals surface area contributed by atoms with Gasteiger partial charge >= 0.3 is 6.03 Å². The van der Waals surface area contributed by atoms with Gasteiger partial charge in [-0.2, -0.15) is 0 Å². The minimum absolute atomic E-state index is 0.316. The van der Waals surface area contributed by atoms with Crippen LogP contribution in [0.15, 0.2) is 41.7 Å². The zero-order valence-electron chi connectivity index (χ0n) is 17.1. The van der Waals surface area contributed by atoms with Gasteiger partial charge < -0.3 is 4.90 Å². The van der Waals surface area contributed by atoms with Crippen molar-refractivity contribution in [2.45, 2.75) is 39.0 Å². The van der Waals surface area contributed by atoms with Crippen LogP contribution in [-0.2, 0) is 17.8 Å². The van der Waals surface area contributed by atoms with Gasteiger partial charge in [0.15, 0.2) is 17.2 Å². The first-order chi connectivity index (χ1) is 14.9. The minimum Gasteiger partial charge on any atom is -0.340 e. The highest BCUT2D eigenvalue weighted by atomic mass is 32.1. The molecule has 1 saturated heterocycles. The van der Waals surface area contributed by atoms with Crippen LogP contribution in [0.5, 0.6) is 0 Å². The summed E-state index contributed by atoms with van der Waals surface area (Å²) in [6, 6.07) is 5.11. The smallest absolute Gasteiger partial charge is 0.325 e. The summed E-state index contributed by atoms with van der Waals surface area (Å²) in [4.78, 5) is 40.1. The number of benzene rings is 1. The summed E-state index contributed by atoms with van der Waals surface area (Å²) in [5, 5.41) is 2.44. The monoisotopic (exact) mass is 440 g/mol. The fraction of sp³-hybridized carbons (Fsp3) is 0.333. The van der Waals surface area contributed by atoms with Gasteiger partial charge in [-0.3, -0.25) is 19.4 Å². The van der Waals surface area contributed by atoms with Gasteiger partial charge in [0.2, 0.25) is 0 Å². The number of urea groups is 1. The van der Waals surface area contributed by atoms with Crippen LogP contribution in [-0.4, -0.2) is 55.7 Å². The number of amides is 3. The molecule has 160 valence electrons. The van der Waals surface area contributed by atoms with E-state index < -0.39 is 18.2 Å². The fourth-order valence-electron chi connectivity index (χ4n) is 4.17. The van der Waals surface area contributed by atoms with E-state index in [1.807, 2.05) is 35.5 Å². The Hall–Kier alpha value is -3.27. The first-order valence-electron chi connectivity index (χ1n) is 10.1. The van der Waals surface area contributed by atoms with Gasteiger partial charge in [0, 0.05) is 36.8 Å². The summed E-state index contributed by atoms with van der Waals surface area (Å²) in [5.74, 6) is -0.00409. The molecule has 2 aromatic heterocycles. The predicted molar refractivity (Wildman–Crippen MR) is 114 cm³/mol. The number of halogens is 1. The molecule has 5 rings (SSSR count). The van der Waals surface area contributed by atoms with Gasteiger partial charge in [0.25, 0.3) is 5.91 Å². The Morgan fingerprint density at radius 3 is 2.65 bits per heavy atom. The van der Waals surface area contributed by atoms with Crippen molar-refractivity contribution in [2.75, 3.05) is 6.54 Å². The Morgan fingerprint density at radius 2 is 1.94 bits per heavy atom. The molecule has 8 nitrogen and oxygen atoms in total. The van der Waals surface area contributed by atoms with Crippen molar-refractivity contribution in [3.8, 4) is 0 Å². The predicted octanol–water partition coefficient (Wildman–Crippen LogP) is 2.57. The molecule has 1 N–H and O–H groups in total. The number of imidazole rings is 1. The van der Waals surface area contributed by atoms with Crippen molar-refractivity contribution in [1.82, 2.24) is 24.5 Å². The molecule has 0 bridgehead atoms. The van der Waals surface area contributed by atoms with E-state index in [1.165, 1.54) is 17.0 Å². The van der Waals surface area contributed by atoms with E-state index in [4.69, 9.17) is 4.99 Å². The molecule has 4 heterocycles. The lowest BCUT2D eigenvalue weighted by atomic mass is 10.1. The van der Waals surface area contributed by atoms with Crippen LogP contribution in [0.3, 0.4) is 0 Å². The number of fused-ring (bicyclic) bond motifs is 2. The third-order valence-corrected chi connectivity index (χ3v) is 6.49. The van der Waals surface area contributed by atoms with Crippen molar-refractivity contribution in [3.63, 3.8) is 0 Å². The number of amidine groups is 1. The largest absolute Gasteiger partial charge is 0.340 e. The van der Waals surface area contributed by atoms with Crippen molar-refractivity contribution >= 4 is 34.1 Å². The summed E-state index contributed by atoms with van der Waals surface area (Å²) in [7, 11) is 0. The first kappa shape index (κ1) is 19.7. The summed E-state index contributed by atoms with van der Waals surface area (Å²) in [6.07, 6.45) is 3.82. The van der Waals surface area contributed by atoms with E-state index in [0.29, 0.717) is 25.3 Å². The quantitative estimate of drug-likeness (QED) is 0.661. The first-order valence-corrected chi connectivity index (χ1v) is 10.9. The van der Waals surface area contributed by atoms with Crippen molar-refractivity contribution in [3.05, 3.63) is 58.6 Å². The number of nitrogens with one attached hydrogen (secondary N) is 1. The zero-order valence-corrected chi connectivity index (χ0v) is 17.9. The molecule has 2 aliphatic heterocycles. The van der Waals surface area contributed by atoms with Crippen LogP contribution >= 0.6 is 11.3 Å². The van der Waals surface area contributed by atoms with Crippen LogP contribution in [0.25, 0.3) is 4.96 Å². The number of carbonyl (C=O) groups is 2. The Balaban J connectivity index is 1.50. The molecule has 0 radical (unpaired) electrons. The number of carbonyl (C=O) groups excluding carboxylic acids is 2. The number of aryl methyl sites for hydroxylation is 1. The molecule has 10 heteroatoms. The Morgan fingerprint density at radius 1 is 1.16 bits per heavy atom. The topological polar surface area (TPSA) is 82.3 Å². The maximum Gasteiger partial charge on any atom is 0.325 e. The van der Waals surface area contributed by atoms with E-state index in [0.717, 1.165) is 16.2 Å². The zero-order chi connectivity index (χ0) is 21.7. The molecule has 2 aliphatic rings. The Kier molecular flexibility index (Phi) is 4.73. The molecule has 0 saturated carbocycles. The number of aliphatic imine (C=N–C) groups is 1. The summed E-state index contributed by atoms with van der Waals surface area (Å²) >= 11 is 1.61. The van der Waals surface area contributed by atoms with Crippen LogP contribution in [0.4, 0.5) is 9.18 Å². The van der Waals surface area contributed by atoms with Gasteiger partial charge in [-0.25, -0.2) is 19.2 Å². The van der Waals surface area contributed by atoms with Crippen LogP contribution in [0.2, 0.25) is 0 Å². The lowest BCUT2D eigenvalue weighted by Crippen LogP contribution is -2.64. The number of nitrogens with zero attached hydrogens (tertiary/aromatic N) is 5. The number of hydrogen-bond acceptors (Lipinski definition) is 6. The van der Waals surface area contributed by atoms with Crippen LogP contribution < -0.4 is 5.32 Å². The third kappa shape index (κ3) is 3.46. The highest BCUT2D eigenvalue weighted by Crippen LogP contribution is 2.28. The van der Waals surface area contributed by atoms with Crippen LogP contribution in [0, 0.1) is 12.7 Å². The number of thiazole rings is 1. The molecule has 0 spiro atoms. The van der Waals surface area contributed by atoms with Gasteiger partial charge in [-0.15, -0.1) is 11.3 Å². The standard InChI is InChI=1S/C21H21FN6O2S/c1-3-27-18-17(19(29)25-20(27)30)28(10-13-4-6-14(22)7-5-13)16(24-18)8-15-11-26-9-12(2)31-21(26)23-15/h4-7,9,11,17-18H,3,8,10H2,1-2H3,(H,25,29,30). The lowest BCUT2D eigenvalue weighted by molar-refractivity contribution is -0.127. The van der Waals surface area contributed by atoms with Crippen molar-refractivity contribution in [1.29, 1.82) is 0 Å². The molecule has 2 atom stereocenters. The lowest BCUT2D eigenvalue weighted by Gasteiger charge is -2.37. The maximum absolute atomic E-state index is 13.4. The molecule has 0 aliphatic carbocycles. The average molecular weight is 441 g/mol. The van der Waals surface area contributed by atoms with E-state index in [1.54, 1.807) is 28.4 Å². The molecule has 3 amide bonds. The second kappa shape index (κ2) is 7.45. The molecule has 1 aromatic carbocycles. The SMILES string of the molecule is CCN1C(=O)NC(=O)C2C1N=C(Cc1cn3cc(C)sc3n1)N2Cc1ccc(F)cc1. The second-order valence-corrected chi connectivity index (χ2v) is 8.89. The number of rotatable bonds is 5. The van der Waals surface area contributed by atoms with E-state index in [2.05, 4.69) is 10.3 Å². The fourth-order valence-corrected chi connectivity index (χ4v) is 5.00. The summed E-state index contributed by atoms with van der Waals surface area (Å²) in [5.41, 5.74) is 1.69.